The number of anilines is 1. The number of aromatic nitrogens is 1. The summed E-state index contributed by atoms with van der Waals surface area (Å²) in [6.07, 6.45) is 3.70. The van der Waals surface area contributed by atoms with Crippen LogP contribution in [0.1, 0.15) is 10.4 Å². The maximum Gasteiger partial charge on any atom is 0.324 e. The Kier molecular flexibility index (Phi) is 4.76. The van der Waals surface area contributed by atoms with Gasteiger partial charge in [0, 0.05) is 22.6 Å². The monoisotopic (exact) mass is 334 g/mol. The van der Waals surface area contributed by atoms with Gasteiger partial charge in [-0.3, -0.25) is 25.0 Å². The third-order valence-corrected chi connectivity index (χ3v) is 3.72. The number of aryl methyl sites for hydroxylation is 1. The summed E-state index contributed by atoms with van der Waals surface area (Å²) in [6, 6.07) is 4.27. The van der Waals surface area contributed by atoms with Gasteiger partial charge in [0.15, 0.2) is 0 Å². The van der Waals surface area contributed by atoms with Crippen LogP contribution < -0.4 is 5.32 Å². The molecule has 0 radical (unpaired) electrons. The summed E-state index contributed by atoms with van der Waals surface area (Å²) in [5.74, 6) is -0.318. The first kappa shape index (κ1) is 16.2. The Labute approximate surface area is 133 Å². The summed E-state index contributed by atoms with van der Waals surface area (Å²) in [6.45, 7) is 1.54. The fourth-order valence-corrected chi connectivity index (χ4v) is 2.39. The molecule has 1 N–H and O–H groups in total. The van der Waals surface area contributed by atoms with Crippen molar-refractivity contribution in [3.8, 4) is 0 Å². The first-order chi connectivity index (χ1) is 10.9. The molecule has 9 nitrogen and oxygen atoms in total. The molecule has 0 saturated carbocycles. The summed E-state index contributed by atoms with van der Waals surface area (Å²) in [5, 5.41) is 23.7. The van der Waals surface area contributed by atoms with Gasteiger partial charge in [0.1, 0.15) is 12.0 Å². The van der Waals surface area contributed by atoms with Crippen LogP contribution in [0.5, 0.6) is 0 Å². The Morgan fingerprint density at radius 1 is 1.30 bits per heavy atom. The standard InChI is InChI=1S/C13H10N4O5S/c1-8-6-11(14-7-10(8)16(19)20)15-12(18)4-2-9-3-5-13(23-9)17(21)22/h2-7H,1H3,(H,14,15,18)/b4-2+. The van der Waals surface area contributed by atoms with E-state index in [0.29, 0.717) is 10.4 Å². The molecule has 10 heteroatoms. The van der Waals surface area contributed by atoms with Crippen molar-refractivity contribution in [2.24, 2.45) is 0 Å². The minimum Gasteiger partial charge on any atom is -0.307 e. The molecule has 0 aliphatic rings. The van der Waals surface area contributed by atoms with E-state index in [9.17, 15) is 25.0 Å². The predicted octanol–water partition coefficient (Wildman–Crippen LogP) is 2.92. The first-order valence-corrected chi connectivity index (χ1v) is 7.03. The van der Waals surface area contributed by atoms with Crippen molar-refractivity contribution in [3.63, 3.8) is 0 Å². The van der Waals surface area contributed by atoms with Crippen LogP contribution in [0.3, 0.4) is 0 Å². The van der Waals surface area contributed by atoms with Crippen LogP contribution in [-0.2, 0) is 4.79 Å². The van der Waals surface area contributed by atoms with Crippen LogP contribution in [0.2, 0.25) is 0 Å². The topological polar surface area (TPSA) is 128 Å². The molecule has 23 heavy (non-hydrogen) atoms. The van der Waals surface area contributed by atoms with Crippen molar-refractivity contribution in [2.45, 2.75) is 6.92 Å². The van der Waals surface area contributed by atoms with Gasteiger partial charge in [0.2, 0.25) is 5.91 Å². The third-order valence-electron chi connectivity index (χ3n) is 2.72. The van der Waals surface area contributed by atoms with Crippen LogP contribution in [0, 0.1) is 27.2 Å². The molecule has 118 valence electrons. The Morgan fingerprint density at radius 2 is 2.04 bits per heavy atom. The number of amides is 1. The van der Waals surface area contributed by atoms with E-state index in [0.717, 1.165) is 17.5 Å². The van der Waals surface area contributed by atoms with Gasteiger partial charge in [-0.25, -0.2) is 4.98 Å². The molecule has 2 aromatic heterocycles. The number of carbonyl (C=O) groups is 1. The SMILES string of the molecule is Cc1cc(NC(=O)/C=C/c2ccc([N+](=O)[O-])s2)ncc1[N+](=O)[O-]. The third kappa shape index (κ3) is 4.17. The molecular weight excluding hydrogens is 324 g/mol. The van der Waals surface area contributed by atoms with Crippen LogP contribution >= 0.6 is 11.3 Å². The van der Waals surface area contributed by atoms with E-state index < -0.39 is 15.8 Å². The number of hydrogen-bond donors (Lipinski definition) is 1. The lowest BCUT2D eigenvalue weighted by molar-refractivity contribution is -0.385. The summed E-state index contributed by atoms with van der Waals surface area (Å²) in [4.78, 5) is 36.3. The van der Waals surface area contributed by atoms with Crippen molar-refractivity contribution in [3.05, 3.63) is 61.1 Å². The average Bonchev–Trinajstić information content (AvgIpc) is 2.94. The maximum atomic E-state index is 11.8. The zero-order valence-electron chi connectivity index (χ0n) is 11.8. The molecule has 0 fully saturated rings. The van der Waals surface area contributed by atoms with Gasteiger partial charge in [-0.05, 0) is 25.1 Å². The number of thiophene rings is 1. The number of nitrogens with one attached hydrogen (secondary N) is 1. The van der Waals surface area contributed by atoms with Gasteiger partial charge in [0.25, 0.3) is 5.69 Å². The second-order valence-corrected chi connectivity index (χ2v) is 5.46. The fourth-order valence-electron chi connectivity index (χ4n) is 1.66. The molecule has 0 saturated heterocycles. The number of pyridine rings is 1. The van der Waals surface area contributed by atoms with E-state index in [4.69, 9.17) is 0 Å². The van der Waals surface area contributed by atoms with Crippen molar-refractivity contribution in [1.29, 1.82) is 0 Å². The molecular formula is C13H10N4O5S. The molecule has 2 aromatic rings. The Balaban J connectivity index is 2.04. The van der Waals surface area contributed by atoms with Crippen LogP contribution in [-0.4, -0.2) is 20.7 Å². The highest BCUT2D eigenvalue weighted by Crippen LogP contribution is 2.25. The first-order valence-electron chi connectivity index (χ1n) is 6.21. The molecule has 0 bridgehead atoms. The highest BCUT2D eigenvalue weighted by atomic mass is 32.1. The van der Waals surface area contributed by atoms with Gasteiger partial charge in [0.05, 0.1) is 9.85 Å². The quantitative estimate of drug-likeness (QED) is 0.508. The molecule has 2 rings (SSSR count). The molecule has 0 aromatic carbocycles. The molecule has 0 atom stereocenters. The number of nitrogens with zero attached hydrogens (tertiary/aromatic N) is 3. The Hall–Kier alpha value is -3.14. The lowest BCUT2D eigenvalue weighted by Crippen LogP contribution is -2.09. The maximum absolute atomic E-state index is 11.8. The minimum absolute atomic E-state index is 0.0160. The van der Waals surface area contributed by atoms with E-state index in [-0.39, 0.29) is 16.5 Å². The lowest BCUT2D eigenvalue weighted by atomic mass is 10.2. The van der Waals surface area contributed by atoms with Gasteiger partial charge >= 0.3 is 5.00 Å². The second-order valence-electron chi connectivity index (χ2n) is 4.37. The molecule has 1 amide bonds. The molecule has 2 heterocycles. The highest BCUT2D eigenvalue weighted by Gasteiger charge is 2.12. The van der Waals surface area contributed by atoms with E-state index >= 15 is 0 Å². The van der Waals surface area contributed by atoms with E-state index in [1.54, 1.807) is 0 Å². The molecule has 0 spiro atoms. The minimum atomic E-state index is -0.558. The van der Waals surface area contributed by atoms with Gasteiger partial charge < -0.3 is 5.32 Å². The molecule has 0 aliphatic carbocycles. The largest absolute Gasteiger partial charge is 0.324 e. The molecule has 0 unspecified atom stereocenters. The number of carbonyl (C=O) groups excluding carboxylic acids is 1. The van der Waals surface area contributed by atoms with Crippen molar-refractivity contribution < 1.29 is 14.6 Å². The van der Waals surface area contributed by atoms with Gasteiger partial charge in [-0.2, -0.15) is 0 Å². The fraction of sp³-hybridized carbons (Fsp3) is 0.0769. The number of nitro groups is 2. The number of rotatable bonds is 5. The van der Waals surface area contributed by atoms with E-state index in [1.807, 2.05) is 0 Å². The highest BCUT2D eigenvalue weighted by molar-refractivity contribution is 7.16. The molecule has 0 aliphatic heterocycles. The zero-order chi connectivity index (χ0) is 17.0. The zero-order valence-corrected chi connectivity index (χ0v) is 12.6. The van der Waals surface area contributed by atoms with Crippen LogP contribution in [0.25, 0.3) is 6.08 Å². The Morgan fingerprint density at radius 3 is 2.61 bits per heavy atom. The van der Waals surface area contributed by atoms with E-state index in [1.165, 1.54) is 37.3 Å². The van der Waals surface area contributed by atoms with Crippen molar-refractivity contribution in [2.75, 3.05) is 5.32 Å². The number of hydrogen-bond acceptors (Lipinski definition) is 7. The van der Waals surface area contributed by atoms with Gasteiger partial charge in [-0.15, -0.1) is 0 Å². The second kappa shape index (κ2) is 6.75. The van der Waals surface area contributed by atoms with Crippen molar-refractivity contribution in [1.82, 2.24) is 4.98 Å². The van der Waals surface area contributed by atoms with Crippen molar-refractivity contribution >= 4 is 39.8 Å². The lowest BCUT2D eigenvalue weighted by Gasteiger charge is -2.02. The normalized spacial score (nSPS) is 10.7. The average molecular weight is 334 g/mol. The van der Waals surface area contributed by atoms with Crippen LogP contribution in [0.4, 0.5) is 16.5 Å². The Bertz CT molecular complexity index is 814. The predicted molar refractivity (Wildman–Crippen MR) is 84.3 cm³/mol. The smallest absolute Gasteiger partial charge is 0.307 e. The summed E-state index contributed by atoms with van der Waals surface area (Å²) >= 11 is 0.940. The summed E-state index contributed by atoms with van der Waals surface area (Å²) < 4.78 is 0. The van der Waals surface area contributed by atoms with Gasteiger partial charge in [-0.1, -0.05) is 11.3 Å². The summed E-state index contributed by atoms with van der Waals surface area (Å²) in [5.41, 5.74) is 0.239. The van der Waals surface area contributed by atoms with E-state index in [2.05, 4.69) is 10.3 Å². The summed E-state index contributed by atoms with van der Waals surface area (Å²) in [7, 11) is 0. The van der Waals surface area contributed by atoms with Crippen LogP contribution in [0.15, 0.2) is 30.5 Å².